The van der Waals surface area contributed by atoms with Crippen molar-refractivity contribution in [1.82, 2.24) is 15.5 Å². The van der Waals surface area contributed by atoms with Gasteiger partial charge in [0.25, 0.3) is 0 Å². The summed E-state index contributed by atoms with van der Waals surface area (Å²) in [5.41, 5.74) is 1.46. The summed E-state index contributed by atoms with van der Waals surface area (Å²) < 4.78 is 24.4. The standard InChI is InChI=1S/C22H35FN4O2/c1-3-28-13-10-22(8-9-22)17-26-21(24-2)25-16-20(27-11-14-29-15-12-27)18-4-6-19(23)7-5-18/h4-7,20H,3,8-17H2,1-2H3,(H2,24,25,26). The second-order valence-corrected chi connectivity index (χ2v) is 7.97. The van der Waals surface area contributed by atoms with Gasteiger partial charge in [-0.05, 0) is 49.3 Å². The first kappa shape index (κ1) is 22.0. The molecule has 0 spiro atoms. The molecule has 1 aromatic carbocycles. The van der Waals surface area contributed by atoms with Crippen LogP contribution in [0.4, 0.5) is 4.39 Å². The Morgan fingerprint density at radius 2 is 1.97 bits per heavy atom. The average molecular weight is 407 g/mol. The van der Waals surface area contributed by atoms with Crippen molar-refractivity contribution in [3.8, 4) is 0 Å². The van der Waals surface area contributed by atoms with E-state index >= 15 is 0 Å². The van der Waals surface area contributed by atoms with Crippen molar-refractivity contribution in [2.45, 2.75) is 32.2 Å². The Morgan fingerprint density at radius 1 is 1.24 bits per heavy atom. The normalized spacial score (nSPS) is 20.3. The van der Waals surface area contributed by atoms with Crippen molar-refractivity contribution >= 4 is 5.96 Å². The Hall–Kier alpha value is -1.70. The lowest BCUT2D eigenvalue weighted by Gasteiger charge is -2.35. The van der Waals surface area contributed by atoms with Gasteiger partial charge >= 0.3 is 0 Å². The third-order valence-corrected chi connectivity index (χ3v) is 6.00. The predicted octanol–water partition coefficient (Wildman–Crippen LogP) is 2.57. The molecule has 0 bridgehead atoms. The molecule has 0 radical (unpaired) electrons. The molecule has 2 N–H and O–H groups in total. The van der Waals surface area contributed by atoms with Gasteiger partial charge in [0.15, 0.2) is 5.96 Å². The zero-order valence-electron chi connectivity index (χ0n) is 17.8. The molecule has 1 unspecified atom stereocenters. The smallest absolute Gasteiger partial charge is 0.191 e. The van der Waals surface area contributed by atoms with Crippen LogP contribution in [0.15, 0.2) is 29.3 Å². The van der Waals surface area contributed by atoms with E-state index in [2.05, 4.69) is 20.5 Å². The van der Waals surface area contributed by atoms with Crippen LogP contribution < -0.4 is 10.6 Å². The van der Waals surface area contributed by atoms with E-state index in [0.29, 0.717) is 12.0 Å². The Morgan fingerprint density at radius 3 is 2.59 bits per heavy atom. The van der Waals surface area contributed by atoms with Crippen LogP contribution in [-0.4, -0.2) is 70.5 Å². The highest BCUT2D eigenvalue weighted by Gasteiger charge is 2.42. The highest BCUT2D eigenvalue weighted by molar-refractivity contribution is 5.79. The number of nitrogens with one attached hydrogen (secondary N) is 2. The van der Waals surface area contributed by atoms with Crippen LogP contribution in [0.2, 0.25) is 0 Å². The first-order valence-corrected chi connectivity index (χ1v) is 10.8. The van der Waals surface area contributed by atoms with Crippen LogP contribution in [0.5, 0.6) is 0 Å². The van der Waals surface area contributed by atoms with Crippen LogP contribution >= 0.6 is 0 Å². The molecular formula is C22H35FN4O2. The van der Waals surface area contributed by atoms with Gasteiger partial charge in [-0.1, -0.05) is 12.1 Å². The molecule has 3 rings (SSSR count). The zero-order chi connectivity index (χ0) is 20.5. The number of halogens is 1. The topological polar surface area (TPSA) is 58.1 Å². The lowest BCUT2D eigenvalue weighted by molar-refractivity contribution is 0.0170. The summed E-state index contributed by atoms with van der Waals surface area (Å²) in [6, 6.07) is 6.96. The van der Waals surface area contributed by atoms with Crippen molar-refractivity contribution in [3.05, 3.63) is 35.6 Å². The Balaban J connectivity index is 1.55. The van der Waals surface area contributed by atoms with E-state index in [0.717, 1.165) is 64.0 Å². The number of rotatable bonds is 10. The maximum Gasteiger partial charge on any atom is 0.191 e. The number of ether oxygens (including phenoxy) is 2. The van der Waals surface area contributed by atoms with Crippen molar-refractivity contribution in [2.75, 3.05) is 59.7 Å². The maximum absolute atomic E-state index is 13.4. The van der Waals surface area contributed by atoms with Gasteiger partial charge < -0.3 is 20.1 Å². The van der Waals surface area contributed by atoms with Crippen molar-refractivity contribution in [3.63, 3.8) is 0 Å². The molecule has 7 heteroatoms. The number of hydrogen-bond acceptors (Lipinski definition) is 4. The fraction of sp³-hybridized carbons (Fsp3) is 0.682. The van der Waals surface area contributed by atoms with Crippen molar-refractivity contribution in [2.24, 2.45) is 10.4 Å². The van der Waals surface area contributed by atoms with E-state index in [4.69, 9.17) is 9.47 Å². The molecule has 1 aromatic rings. The van der Waals surface area contributed by atoms with E-state index in [9.17, 15) is 4.39 Å². The third-order valence-electron chi connectivity index (χ3n) is 6.00. The average Bonchev–Trinajstić information content (AvgIpc) is 3.52. The Bertz CT molecular complexity index is 643. The molecular weight excluding hydrogens is 371 g/mol. The summed E-state index contributed by atoms with van der Waals surface area (Å²) in [6.45, 7) is 8.46. The summed E-state index contributed by atoms with van der Waals surface area (Å²) in [4.78, 5) is 6.79. The second kappa shape index (κ2) is 10.9. The van der Waals surface area contributed by atoms with Gasteiger partial charge in [-0.15, -0.1) is 0 Å². The Labute approximate surface area is 173 Å². The van der Waals surface area contributed by atoms with Crippen LogP contribution in [0.25, 0.3) is 0 Å². The summed E-state index contributed by atoms with van der Waals surface area (Å²) in [7, 11) is 1.80. The van der Waals surface area contributed by atoms with E-state index in [1.165, 1.54) is 25.0 Å². The van der Waals surface area contributed by atoms with Gasteiger partial charge in [0.2, 0.25) is 0 Å². The van der Waals surface area contributed by atoms with E-state index in [1.807, 2.05) is 19.1 Å². The van der Waals surface area contributed by atoms with Gasteiger partial charge in [0.1, 0.15) is 5.82 Å². The molecule has 1 aliphatic carbocycles. The van der Waals surface area contributed by atoms with E-state index in [-0.39, 0.29) is 11.9 Å². The molecule has 2 fully saturated rings. The number of nitrogens with zero attached hydrogens (tertiary/aromatic N) is 2. The molecule has 6 nitrogen and oxygen atoms in total. The minimum absolute atomic E-state index is 0.144. The fourth-order valence-electron chi connectivity index (χ4n) is 3.84. The first-order chi connectivity index (χ1) is 14.2. The molecule has 1 saturated heterocycles. The lowest BCUT2D eigenvalue weighted by Crippen LogP contribution is -2.47. The molecule has 1 atom stereocenters. The largest absolute Gasteiger partial charge is 0.382 e. The van der Waals surface area contributed by atoms with E-state index < -0.39 is 0 Å². The number of benzene rings is 1. The second-order valence-electron chi connectivity index (χ2n) is 7.97. The van der Waals surface area contributed by atoms with Crippen LogP contribution in [0, 0.1) is 11.2 Å². The van der Waals surface area contributed by atoms with Gasteiger partial charge in [-0.3, -0.25) is 9.89 Å². The minimum Gasteiger partial charge on any atom is -0.382 e. The molecule has 1 saturated carbocycles. The van der Waals surface area contributed by atoms with Gasteiger partial charge in [0.05, 0.1) is 19.3 Å². The molecule has 1 heterocycles. The number of hydrogen-bond donors (Lipinski definition) is 2. The van der Waals surface area contributed by atoms with Crippen LogP contribution in [-0.2, 0) is 9.47 Å². The summed E-state index contributed by atoms with van der Waals surface area (Å²) in [6.07, 6.45) is 3.59. The highest BCUT2D eigenvalue weighted by atomic mass is 19.1. The van der Waals surface area contributed by atoms with Gasteiger partial charge in [0, 0.05) is 46.4 Å². The van der Waals surface area contributed by atoms with Crippen molar-refractivity contribution < 1.29 is 13.9 Å². The molecule has 162 valence electrons. The van der Waals surface area contributed by atoms with Crippen LogP contribution in [0.3, 0.4) is 0 Å². The molecule has 2 aliphatic rings. The first-order valence-electron chi connectivity index (χ1n) is 10.8. The zero-order valence-corrected chi connectivity index (χ0v) is 17.8. The van der Waals surface area contributed by atoms with Crippen molar-refractivity contribution in [1.29, 1.82) is 0 Å². The van der Waals surface area contributed by atoms with Crippen LogP contribution in [0.1, 0.15) is 37.8 Å². The summed E-state index contributed by atoms with van der Waals surface area (Å²) in [5.74, 6) is 0.606. The van der Waals surface area contributed by atoms with E-state index in [1.54, 1.807) is 7.05 Å². The summed E-state index contributed by atoms with van der Waals surface area (Å²) in [5, 5.41) is 6.98. The SMILES string of the molecule is CCOCCC1(CNC(=NC)NCC(c2ccc(F)cc2)N2CCOCC2)CC1. The quantitative estimate of drug-likeness (QED) is 0.355. The fourth-order valence-corrected chi connectivity index (χ4v) is 3.84. The molecule has 29 heavy (non-hydrogen) atoms. The number of morpholine rings is 1. The predicted molar refractivity (Wildman–Crippen MR) is 114 cm³/mol. The number of aliphatic imine (C=N–C) groups is 1. The third kappa shape index (κ3) is 6.66. The Kier molecular flexibility index (Phi) is 8.27. The monoisotopic (exact) mass is 406 g/mol. The highest BCUT2D eigenvalue weighted by Crippen LogP contribution is 2.48. The minimum atomic E-state index is -0.207. The van der Waals surface area contributed by atoms with Gasteiger partial charge in [-0.2, -0.15) is 0 Å². The lowest BCUT2D eigenvalue weighted by atomic mass is 10.0. The number of guanidine groups is 1. The van der Waals surface area contributed by atoms with Gasteiger partial charge in [-0.25, -0.2) is 4.39 Å². The molecule has 0 aromatic heterocycles. The molecule has 1 aliphatic heterocycles. The molecule has 0 amide bonds. The summed E-state index contributed by atoms with van der Waals surface area (Å²) >= 11 is 0. The maximum atomic E-state index is 13.4.